The third-order valence-corrected chi connectivity index (χ3v) is 6.48. The lowest BCUT2D eigenvalue weighted by Gasteiger charge is -2.22. The van der Waals surface area contributed by atoms with Gasteiger partial charge in [-0.05, 0) is 49.8 Å². The summed E-state index contributed by atoms with van der Waals surface area (Å²) in [4.78, 5) is 2.61. The van der Waals surface area contributed by atoms with Gasteiger partial charge in [-0.3, -0.25) is 4.90 Å². The van der Waals surface area contributed by atoms with Crippen LogP contribution in [0.2, 0.25) is 0 Å². The molecule has 0 aliphatic rings. The highest BCUT2D eigenvalue weighted by atomic mass is 15.1. The summed E-state index contributed by atoms with van der Waals surface area (Å²) in [6, 6.07) is 21.8. The zero-order valence-corrected chi connectivity index (χ0v) is 21.4. The molecule has 0 saturated carbocycles. The third-order valence-electron chi connectivity index (χ3n) is 6.48. The molecule has 0 aliphatic heterocycles. The molecular weight excluding hydrogens is 398 g/mol. The van der Waals surface area contributed by atoms with Gasteiger partial charge in [-0.2, -0.15) is 0 Å². The minimum atomic E-state index is 1.04. The van der Waals surface area contributed by atoms with Gasteiger partial charge in [0.2, 0.25) is 0 Å². The topological polar surface area (TPSA) is 3.24 Å². The van der Waals surface area contributed by atoms with Gasteiger partial charge in [0.15, 0.2) is 0 Å². The Morgan fingerprint density at radius 1 is 0.515 bits per heavy atom. The molecule has 0 aliphatic carbocycles. The molecule has 1 heteroatoms. The molecule has 0 atom stereocenters. The van der Waals surface area contributed by atoms with Gasteiger partial charge in [-0.1, -0.05) is 138 Å². The summed E-state index contributed by atoms with van der Waals surface area (Å²) in [6.45, 7) is 5.56. The lowest BCUT2D eigenvalue weighted by Crippen LogP contribution is -2.24. The second kappa shape index (κ2) is 19.6. The van der Waals surface area contributed by atoms with Crippen LogP contribution in [0.3, 0.4) is 0 Å². The molecule has 2 rings (SSSR count). The Morgan fingerprint density at radius 2 is 0.939 bits per heavy atom. The summed E-state index contributed by atoms with van der Waals surface area (Å²) < 4.78 is 0. The monoisotopic (exact) mass is 447 g/mol. The molecule has 0 heterocycles. The van der Waals surface area contributed by atoms with Crippen molar-refractivity contribution in [3.8, 4) is 0 Å². The molecule has 2 aromatic carbocycles. The fraction of sp³-hybridized carbons (Fsp3) is 0.562. The standard InChI is InChI=1S/C32H49N/c1-2-3-4-5-6-7-8-9-10-11-12-13-14-15-16-23-28-33(29-31-24-19-17-20-25-31)30-32-26-21-18-22-27-32/h9-10,17-22,24-27H,2-8,11-16,23,28-30H2,1H3. The minimum absolute atomic E-state index is 1.04. The molecule has 0 bridgehead atoms. The molecule has 0 unspecified atom stereocenters. The Bertz CT molecular complexity index is 649. The minimum Gasteiger partial charge on any atom is -0.295 e. The van der Waals surface area contributed by atoms with Crippen LogP contribution in [0.15, 0.2) is 72.8 Å². The van der Waals surface area contributed by atoms with Gasteiger partial charge in [0.25, 0.3) is 0 Å². The maximum Gasteiger partial charge on any atom is 0.0237 e. The molecule has 0 N–H and O–H groups in total. The highest BCUT2D eigenvalue weighted by molar-refractivity contribution is 5.17. The maximum atomic E-state index is 2.61. The molecule has 0 aromatic heterocycles. The molecule has 0 spiro atoms. The molecule has 1 nitrogen and oxygen atoms in total. The van der Waals surface area contributed by atoms with E-state index in [0.29, 0.717) is 0 Å². The Kier molecular flexibility index (Phi) is 16.3. The van der Waals surface area contributed by atoms with E-state index in [1.165, 1.54) is 108 Å². The van der Waals surface area contributed by atoms with E-state index in [4.69, 9.17) is 0 Å². The number of rotatable bonds is 20. The molecule has 0 amide bonds. The van der Waals surface area contributed by atoms with Crippen molar-refractivity contribution in [3.63, 3.8) is 0 Å². The average molecular weight is 448 g/mol. The van der Waals surface area contributed by atoms with Crippen LogP contribution in [0.5, 0.6) is 0 Å². The van der Waals surface area contributed by atoms with E-state index in [1.54, 1.807) is 0 Å². The number of unbranched alkanes of at least 4 members (excludes halogenated alkanes) is 12. The maximum absolute atomic E-state index is 2.61. The quantitative estimate of drug-likeness (QED) is 0.144. The summed E-state index contributed by atoms with van der Waals surface area (Å²) in [7, 11) is 0. The molecule has 0 fully saturated rings. The predicted molar refractivity (Wildman–Crippen MR) is 146 cm³/mol. The van der Waals surface area contributed by atoms with Crippen molar-refractivity contribution in [2.75, 3.05) is 6.54 Å². The van der Waals surface area contributed by atoms with Crippen LogP contribution in [0, 0.1) is 0 Å². The summed E-state index contributed by atoms with van der Waals surface area (Å²) in [5.41, 5.74) is 2.83. The van der Waals surface area contributed by atoms with Gasteiger partial charge in [0.05, 0.1) is 0 Å². The van der Waals surface area contributed by atoms with Gasteiger partial charge >= 0.3 is 0 Å². The van der Waals surface area contributed by atoms with Gasteiger partial charge in [0.1, 0.15) is 0 Å². The first-order valence-corrected chi connectivity index (χ1v) is 13.8. The average Bonchev–Trinajstić information content (AvgIpc) is 2.85. The van der Waals surface area contributed by atoms with E-state index in [2.05, 4.69) is 84.6 Å². The van der Waals surface area contributed by atoms with Crippen molar-refractivity contribution in [1.82, 2.24) is 4.90 Å². The molecule has 33 heavy (non-hydrogen) atoms. The van der Waals surface area contributed by atoms with Crippen molar-refractivity contribution in [2.24, 2.45) is 0 Å². The highest BCUT2D eigenvalue weighted by Gasteiger charge is 2.07. The van der Waals surface area contributed by atoms with Gasteiger partial charge in [0, 0.05) is 13.1 Å². The molecule has 0 saturated heterocycles. The Morgan fingerprint density at radius 3 is 1.42 bits per heavy atom. The fourth-order valence-corrected chi connectivity index (χ4v) is 4.48. The van der Waals surface area contributed by atoms with Crippen molar-refractivity contribution >= 4 is 0 Å². The Balaban J connectivity index is 1.50. The van der Waals surface area contributed by atoms with E-state index in [-0.39, 0.29) is 0 Å². The van der Waals surface area contributed by atoms with Crippen molar-refractivity contribution < 1.29 is 0 Å². The number of benzene rings is 2. The summed E-state index contributed by atoms with van der Waals surface area (Å²) in [5.74, 6) is 0. The zero-order chi connectivity index (χ0) is 23.2. The fourth-order valence-electron chi connectivity index (χ4n) is 4.48. The number of nitrogens with zero attached hydrogens (tertiary/aromatic N) is 1. The van der Waals surface area contributed by atoms with Crippen LogP contribution < -0.4 is 0 Å². The van der Waals surface area contributed by atoms with Crippen LogP contribution in [0.4, 0.5) is 0 Å². The highest BCUT2D eigenvalue weighted by Crippen LogP contribution is 2.14. The molecule has 0 radical (unpaired) electrons. The van der Waals surface area contributed by atoms with Crippen LogP contribution >= 0.6 is 0 Å². The smallest absolute Gasteiger partial charge is 0.0237 e. The largest absolute Gasteiger partial charge is 0.295 e. The van der Waals surface area contributed by atoms with Crippen molar-refractivity contribution in [1.29, 1.82) is 0 Å². The van der Waals surface area contributed by atoms with E-state index in [1.807, 2.05) is 0 Å². The third kappa shape index (κ3) is 14.8. The zero-order valence-electron chi connectivity index (χ0n) is 21.4. The molecular formula is C32H49N. The summed E-state index contributed by atoms with van der Waals surface area (Å²) in [5, 5.41) is 0. The van der Waals surface area contributed by atoms with Crippen LogP contribution in [0.25, 0.3) is 0 Å². The van der Waals surface area contributed by atoms with Gasteiger partial charge in [-0.25, -0.2) is 0 Å². The van der Waals surface area contributed by atoms with E-state index >= 15 is 0 Å². The van der Waals surface area contributed by atoms with Crippen LogP contribution in [-0.4, -0.2) is 11.4 Å². The molecule has 182 valence electrons. The van der Waals surface area contributed by atoms with Crippen LogP contribution in [0.1, 0.15) is 108 Å². The van der Waals surface area contributed by atoms with E-state index < -0.39 is 0 Å². The summed E-state index contributed by atoms with van der Waals surface area (Å²) >= 11 is 0. The lowest BCUT2D eigenvalue weighted by atomic mass is 10.1. The predicted octanol–water partition coefficient (Wildman–Crippen LogP) is 9.73. The van der Waals surface area contributed by atoms with E-state index in [9.17, 15) is 0 Å². The first kappa shape index (κ1) is 27.4. The van der Waals surface area contributed by atoms with Crippen LogP contribution in [-0.2, 0) is 13.1 Å². The van der Waals surface area contributed by atoms with E-state index in [0.717, 1.165) is 13.1 Å². The van der Waals surface area contributed by atoms with Crippen molar-refractivity contribution in [2.45, 2.75) is 110 Å². The normalized spacial score (nSPS) is 11.6. The van der Waals surface area contributed by atoms with Gasteiger partial charge in [-0.15, -0.1) is 0 Å². The SMILES string of the molecule is CCCCCCCCC=CCCCCCCCCN(Cc1ccccc1)Cc1ccccc1. The first-order valence-electron chi connectivity index (χ1n) is 13.8. The van der Waals surface area contributed by atoms with Crippen molar-refractivity contribution in [3.05, 3.63) is 83.9 Å². The number of allylic oxidation sites excluding steroid dienone is 2. The van der Waals surface area contributed by atoms with Gasteiger partial charge < -0.3 is 0 Å². The second-order valence-corrected chi connectivity index (χ2v) is 9.62. The molecule has 2 aromatic rings. The summed E-state index contributed by atoms with van der Waals surface area (Å²) in [6.07, 6.45) is 24.0. The lowest BCUT2D eigenvalue weighted by molar-refractivity contribution is 0.250. The first-order chi connectivity index (χ1) is 16.4. The number of hydrogen-bond donors (Lipinski definition) is 0. The Labute approximate surface area is 205 Å². The Hall–Kier alpha value is -1.86. The second-order valence-electron chi connectivity index (χ2n) is 9.62. The number of hydrogen-bond acceptors (Lipinski definition) is 1.